The van der Waals surface area contributed by atoms with Gasteiger partial charge in [-0.2, -0.15) is 0 Å². The summed E-state index contributed by atoms with van der Waals surface area (Å²) in [5.41, 5.74) is 1.52. The fourth-order valence-electron chi connectivity index (χ4n) is 2.24. The van der Waals surface area contributed by atoms with Crippen molar-refractivity contribution in [3.63, 3.8) is 0 Å². The number of hydrogen-bond acceptors (Lipinski definition) is 4. The summed E-state index contributed by atoms with van der Waals surface area (Å²) >= 11 is 0. The van der Waals surface area contributed by atoms with Crippen molar-refractivity contribution < 1.29 is 19.4 Å². The zero-order chi connectivity index (χ0) is 15.4. The van der Waals surface area contributed by atoms with Gasteiger partial charge in [-0.3, -0.25) is 9.59 Å². The van der Waals surface area contributed by atoms with Crippen molar-refractivity contribution in [2.75, 3.05) is 40.3 Å². The molecule has 0 fully saturated rings. The first-order valence-electron chi connectivity index (χ1n) is 6.89. The Kier molecular flexibility index (Phi) is 4.80. The van der Waals surface area contributed by atoms with Crippen LogP contribution in [0.15, 0.2) is 18.2 Å². The second-order valence-electron chi connectivity index (χ2n) is 5.34. The first kappa shape index (κ1) is 15.3. The SMILES string of the molecule is CN(C)CCN(CC(=O)O)C(=O)c1ccc2c(c1)CCO2. The molecule has 1 N–H and O–H groups in total. The fraction of sp³-hybridized carbons (Fsp3) is 0.467. The van der Waals surface area contributed by atoms with Crippen LogP contribution in [0.1, 0.15) is 15.9 Å². The molecule has 0 saturated heterocycles. The number of carboxylic acids is 1. The highest BCUT2D eigenvalue weighted by atomic mass is 16.5. The van der Waals surface area contributed by atoms with E-state index in [0.717, 1.165) is 17.7 Å². The molecule has 1 aliphatic rings. The molecular weight excluding hydrogens is 272 g/mol. The van der Waals surface area contributed by atoms with Crippen LogP contribution in [0.3, 0.4) is 0 Å². The molecule has 114 valence electrons. The van der Waals surface area contributed by atoms with Crippen LogP contribution in [0.25, 0.3) is 0 Å². The molecule has 1 heterocycles. The van der Waals surface area contributed by atoms with E-state index in [1.54, 1.807) is 18.2 Å². The highest BCUT2D eigenvalue weighted by molar-refractivity contribution is 5.96. The number of carboxylic acid groups (broad SMARTS) is 1. The van der Waals surface area contributed by atoms with Gasteiger partial charge in [-0.25, -0.2) is 0 Å². The van der Waals surface area contributed by atoms with Crippen LogP contribution in [-0.4, -0.2) is 67.1 Å². The maximum atomic E-state index is 12.5. The number of fused-ring (bicyclic) bond motifs is 1. The summed E-state index contributed by atoms with van der Waals surface area (Å²) in [6.45, 7) is 1.34. The number of nitrogens with zero attached hydrogens (tertiary/aromatic N) is 2. The molecule has 6 heteroatoms. The Hall–Kier alpha value is -2.08. The lowest BCUT2D eigenvalue weighted by atomic mass is 10.1. The summed E-state index contributed by atoms with van der Waals surface area (Å²) in [5, 5.41) is 8.97. The first-order valence-corrected chi connectivity index (χ1v) is 6.89. The normalized spacial score (nSPS) is 12.9. The van der Waals surface area contributed by atoms with E-state index in [1.807, 2.05) is 19.0 Å². The predicted molar refractivity (Wildman–Crippen MR) is 77.7 cm³/mol. The number of aliphatic carboxylic acids is 1. The van der Waals surface area contributed by atoms with Gasteiger partial charge < -0.3 is 19.6 Å². The van der Waals surface area contributed by atoms with Crippen molar-refractivity contribution in [3.05, 3.63) is 29.3 Å². The molecule has 1 aliphatic heterocycles. The lowest BCUT2D eigenvalue weighted by Gasteiger charge is -2.23. The zero-order valence-electron chi connectivity index (χ0n) is 12.3. The van der Waals surface area contributed by atoms with E-state index in [4.69, 9.17) is 9.84 Å². The Morgan fingerprint density at radius 3 is 2.71 bits per heavy atom. The molecule has 2 rings (SSSR count). The lowest BCUT2D eigenvalue weighted by Crippen LogP contribution is -2.40. The van der Waals surface area contributed by atoms with Gasteiger partial charge in [0.05, 0.1) is 6.61 Å². The lowest BCUT2D eigenvalue weighted by molar-refractivity contribution is -0.137. The first-order chi connectivity index (χ1) is 9.97. The average molecular weight is 292 g/mol. The van der Waals surface area contributed by atoms with E-state index in [0.29, 0.717) is 25.3 Å². The van der Waals surface area contributed by atoms with E-state index in [9.17, 15) is 9.59 Å². The maximum Gasteiger partial charge on any atom is 0.323 e. The van der Waals surface area contributed by atoms with Gasteiger partial charge in [0, 0.05) is 25.1 Å². The molecular formula is C15H20N2O4. The van der Waals surface area contributed by atoms with E-state index >= 15 is 0 Å². The number of carbonyl (C=O) groups is 2. The highest BCUT2D eigenvalue weighted by Crippen LogP contribution is 2.26. The third-order valence-electron chi connectivity index (χ3n) is 3.37. The molecule has 0 atom stereocenters. The Bertz CT molecular complexity index is 542. The Morgan fingerprint density at radius 1 is 1.29 bits per heavy atom. The summed E-state index contributed by atoms with van der Waals surface area (Å²) < 4.78 is 5.41. The van der Waals surface area contributed by atoms with Gasteiger partial charge in [0.2, 0.25) is 0 Å². The van der Waals surface area contributed by atoms with Crippen molar-refractivity contribution >= 4 is 11.9 Å². The third-order valence-corrected chi connectivity index (χ3v) is 3.37. The molecule has 0 saturated carbocycles. The van der Waals surface area contributed by atoms with Crippen molar-refractivity contribution in [1.82, 2.24) is 9.80 Å². The number of rotatable bonds is 6. The Labute approximate surface area is 123 Å². The van der Waals surface area contributed by atoms with Crippen LogP contribution < -0.4 is 4.74 Å². The van der Waals surface area contributed by atoms with Crippen LogP contribution in [0, 0.1) is 0 Å². The third kappa shape index (κ3) is 3.95. The second kappa shape index (κ2) is 6.58. The van der Waals surface area contributed by atoms with Gasteiger partial charge >= 0.3 is 5.97 Å². The fourth-order valence-corrected chi connectivity index (χ4v) is 2.24. The van der Waals surface area contributed by atoms with Gasteiger partial charge in [0.25, 0.3) is 5.91 Å². The molecule has 0 unspecified atom stereocenters. The summed E-state index contributed by atoms with van der Waals surface area (Å²) in [5.74, 6) is -0.454. The number of likely N-dealkylation sites (N-methyl/N-ethyl adjacent to an activating group) is 1. The minimum Gasteiger partial charge on any atom is -0.493 e. The summed E-state index contributed by atoms with van der Waals surface area (Å²) in [4.78, 5) is 26.7. The molecule has 21 heavy (non-hydrogen) atoms. The van der Waals surface area contributed by atoms with Gasteiger partial charge in [0.15, 0.2) is 0 Å². The van der Waals surface area contributed by atoms with Crippen LogP contribution in [0.4, 0.5) is 0 Å². The summed E-state index contributed by atoms with van der Waals surface area (Å²) in [7, 11) is 3.77. The van der Waals surface area contributed by atoms with Crippen molar-refractivity contribution in [2.24, 2.45) is 0 Å². The van der Waals surface area contributed by atoms with E-state index < -0.39 is 5.97 Å². The molecule has 1 aromatic carbocycles. The molecule has 0 radical (unpaired) electrons. The largest absolute Gasteiger partial charge is 0.493 e. The van der Waals surface area contributed by atoms with Gasteiger partial charge in [-0.05, 0) is 37.9 Å². The highest BCUT2D eigenvalue weighted by Gasteiger charge is 2.21. The summed E-state index contributed by atoms with van der Waals surface area (Å²) in [6.07, 6.45) is 0.785. The van der Waals surface area contributed by atoms with E-state index in [2.05, 4.69) is 0 Å². The maximum absolute atomic E-state index is 12.5. The standard InChI is InChI=1S/C15H20N2O4/c1-16(2)6-7-17(10-14(18)19)15(20)12-3-4-13-11(9-12)5-8-21-13/h3-4,9H,5-8,10H2,1-2H3,(H,18,19). The quantitative estimate of drug-likeness (QED) is 0.836. The van der Waals surface area contributed by atoms with E-state index in [1.165, 1.54) is 4.90 Å². The van der Waals surface area contributed by atoms with Crippen LogP contribution in [0.5, 0.6) is 5.75 Å². The number of benzene rings is 1. The number of amides is 1. The van der Waals surface area contributed by atoms with Crippen LogP contribution in [-0.2, 0) is 11.2 Å². The monoisotopic (exact) mass is 292 g/mol. The smallest absolute Gasteiger partial charge is 0.323 e. The minimum absolute atomic E-state index is 0.256. The van der Waals surface area contributed by atoms with E-state index in [-0.39, 0.29) is 12.5 Å². The molecule has 6 nitrogen and oxygen atoms in total. The van der Waals surface area contributed by atoms with Gasteiger partial charge in [-0.15, -0.1) is 0 Å². The van der Waals surface area contributed by atoms with Crippen molar-refractivity contribution in [1.29, 1.82) is 0 Å². The summed E-state index contributed by atoms with van der Waals surface area (Å²) in [6, 6.07) is 5.27. The Balaban J connectivity index is 2.14. The van der Waals surface area contributed by atoms with Crippen molar-refractivity contribution in [2.45, 2.75) is 6.42 Å². The molecule has 0 spiro atoms. The van der Waals surface area contributed by atoms with Gasteiger partial charge in [-0.1, -0.05) is 0 Å². The topological polar surface area (TPSA) is 70.1 Å². The average Bonchev–Trinajstić information content (AvgIpc) is 2.89. The number of hydrogen-bond donors (Lipinski definition) is 1. The zero-order valence-corrected chi connectivity index (χ0v) is 12.3. The second-order valence-corrected chi connectivity index (χ2v) is 5.34. The van der Waals surface area contributed by atoms with Crippen LogP contribution in [0.2, 0.25) is 0 Å². The molecule has 0 aliphatic carbocycles. The van der Waals surface area contributed by atoms with Crippen LogP contribution >= 0.6 is 0 Å². The Morgan fingerprint density at radius 2 is 2.05 bits per heavy atom. The molecule has 1 aromatic rings. The molecule has 1 amide bonds. The van der Waals surface area contributed by atoms with Gasteiger partial charge in [0.1, 0.15) is 12.3 Å². The predicted octanol–water partition coefficient (Wildman–Crippen LogP) is 0.710. The molecule has 0 bridgehead atoms. The number of carbonyl (C=O) groups excluding carboxylic acids is 1. The minimum atomic E-state index is -1.01. The molecule has 0 aromatic heterocycles. The number of ether oxygens (including phenoxy) is 1. The van der Waals surface area contributed by atoms with Crippen molar-refractivity contribution in [3.8, 4) is 5.75 Å².